The number of hydrogen-bond acceptors (Lipinski definition) is 4. The Bertz CT molecular complexity index is 846. The minimum absolute atomic E-state index is 0.0642. The second kappa shape index (κ2) is 9.43. The highest BCUT2D eigenvalue weighted by Crippen LogP contribution is 2.21. The molecule has 0 saturated carbocycles. The van der Waals surface area contributed by atoms with E-state index < -0.39 is 0 Å². The van der Waals surface area contributed by atoms with Crippen LogP contribution in [-0.4, -0.2) is 44.5 Å². The molecule has 2 rings (SSSR count). The summed E-state index contributed by atoms with van der Waals surface area (Å²) in [6, 6.07) is 12.8. The predicted octanol–water partition coefficient (Wildman–Crippen LogP) is 3.12. The molecule has 142 valence electrons. The highest BCUT2D eigenvalue weighted by molar-refractivity contribution is 5.98. The van der Waals surface area contributed by atoms with Gasteiger partial charge in [-0.05, 0) is 37.3 Å². The van der Waals surface area contributed by atoms with Crippen molar-refractivity contribution < 1.29 is 19.1 Å². The van der Waals surface area contributed by atoms with E-state index in [9.17, 15) is 9.59 Å². The standard InChI is InChI=1S/C21H24N2O4/c1-15-8-10-19(27-4)16(12-15)9-11-21(25)23(2)14-20(24)22-17-6-5-7-18(13-17)26-3/h5-13H,14H2,1-4H3,(H,22,24)/b11-9+. The van der Waals surface area contributed by atoms with Crippen LogP contribution >= 0.6 is 0 Å². The molecule has 2 aromatic rings. The van der Waals surface area contributed by atoms with Crippen molar-refractivity contribution in [3.63, 3.8) is 0 Å². The SMILES string of the molecule is COc1cccc(NC(=O)CN(C)C(=O)/C=C/c2cc(C)ccc2OC)c1. The van der Waals surface area contributed by atoms with E-state index in [1.807, 2.05) is 25.1 Å². The van der Waals surface area contributed by atoms with E-state index in [0.29, 0.717) is 17.2 Å². The van der Waals surface area contributed by atoms with Gasteiger partial charge in [-0.1, -0.05) is 17.7 Å². The number of carbonyl (C=O) groups excluding carboxylic acids is 2. The Hall–Kier alpha value is -3.28. The maximum absolute atomic E-state index is 12.3. The Morgan fingerprint density at radius 3 is 2.59 bits per heavy atom. The monoisotopic (exact) mass is 368 g/mol. The Balaban J connectivity index is 1.96. The van der Waals surface area contributed by atoms with Gasteiger partial charge in [-0.15, -0.1) is 0 Å². The van der Waals surface area contributed by atoms with E-state index in [-0.39, 0.29) is 18.4 Å². The van der Waals surface area contributed by atoms with Crippen molar-refractivity contribution in [1.29, 1.82) is 0 Å². The molecule has 0 radical (unpaired) electrons. The summed E-state index contributed by atoms with van der Waals surface area (Å²) in [5.74, 6) is 0.760. The highest BCUT2D eigenvalue weighted by atomic mass is 16.5. The molecule has 0 fully saturated rings. The number of anilines is 1. The summed E-state index contributed by atoms with van der Waals surface area (Å²) in [5, 5.41) is 2.74. The summed E-state index contributed by atoms with van der Waals surface area (Å²) in [5.41, 5.74) is 2.48. The first-order valence-electron chi connectivity index (χ1n) is 8.44. The van der Waals surface area contributed by atoms with Gasteiger partial charge in [0.2, 0.25) is 11.8 Å². The van der Waals surface area contributed by atoms with Crippen molar-refractivity contribution in [2.45, 2.75) is 6.92 Å². The number of benzene rings is 2. The summed E-state index contributed by atoms with van der Waals surface area (Å²) < 4.78 is 10.4. The maximum Gasteiger partial charge on any atom is 0.246 e. The average molecular weight is 368 g/mol. The number of aryl methyl sites for hydroxylation is 1. The Kier molecular flexibility index (Phi) is 7.00. The molecule has 0 aliphatic heterocycles. The third-order valence-electron chi connectivity index (χ3n) is 3.90. The normalized spacial score (nSPS) is 10.5. The fourth-order valence-electron chi connectivity index (χ4n) is 2.47. The van der Waals surface area contributed by atoms with Gasteiger partial charge in [-0.2, -0.15) is 0 Å². The fraction of sp³-hybridized carbons (Fsp3) is 0.238. The van der Waals surface area contributed by atoms with Gasteiger partial charge in [-0.3, -0.25) is 9.59 Å². The first-order valence-corrected chi connectivity index (χ1v) is 8.44. The topological polar surface area (TPSA) is 67.9 Å². The zero-order chi connectivity index (χ0) is 19.8. The molecule has 0 aromatic heterocycles. The van der Waals surface area contributed by atoms with Gasteiger partial charge in [0.1, 0.15) is 11.5 Å². The van der Waals surface area contributed by atoms with E-state index >= 15 is 0 Å². The lowest BCUT2D eigenvalue weighted by atomic mass is 10.1. The average Bonchev–Trinajstić information content (AvgIpc) is 2.66. The number of carbonyl (C=O) groups is 2. The van der Waals surface area contributed by atoms with Crippen molar-refractivity contribution >= 4 is 23.6 Å². The quantitative estimate of drug-likeness (QED) is 0.763. The third kappa shape index (κ3) is 5.88. The van der Waals surface area contributed by atoms with Gasteiger partial charge < -0.3 is 19.7 Å². The van der Waals surface area contributed by atoms with E-state index in [1.165, 1.54) is 11.0 Å². The summed E-state index contributed by atoms with van der Waals surface area (Å²) in [4.78, 5) is 25.8. The summed E-state index contributed by atoms with van der Waals surface area (Å²) in [6.07, 6.45) is 3.11. The van der Waals surface area contributed by atoms with Crippen LogP contribution in [0, 0.1) is 6.92 Å². The minimum Gasteiger partial charge on any atom is -0.497 e. The molecule has 0 aliphatic rings. The molecule has 27 heavy (non-hydrogen) atoms. The molecule has 6 nitrogen and oxygen atoms in total. The molecule has 2 aromatic carbocycles. The van der Waals surface area contributed by atoms with Crippen LogP contribution in [0.4, 0.5) is 5.69 Å². The zero-order valence-electron chi connectivity index (χ0n) is 16.0. The molecular formula is C21H24N2O4. The summed E-state index contributed by atoms with van der Waals surface area (Å²) in [7, 11) is 4.72. The van der Waals surface area contributed by atoms with Crippen molar-refractivity contribution in [2.24, 2.45) is 0 Å². The predicted molar refractivity (Wildman–Crippen MR) is 106 cm³/mol. The molecule has 6 heteroatoms. The molecule has 0 atom stereocenters. The van der Waals surface area contributed by atoms with Gasteiger partial charge in [-0.25, -0.2) is 0 Å². The molecule has 0 spiro atoms. The molecule has 0 aliphatic carbocycles. The summed E-state index contributed by atoms with van der Waals surface area (Å²) in [6.45, 7) is 1.90. The molecular weight excluding hydrogens is 344 g/mol. The van der Waals surface area contributed by atoms with Gasteiger partial charge in [0.15, 0.2) is 0 Å². The van der Waals surface area contributed by atoms with Gasteiger partial charge in [0.05, 0.1) is 20.8 Å². The van der Waals surface area contributed by atoms with Crippen molar-refractivity contribution in [3.05, 3.63) is 59.7 Å². The van der Waals surface area contributed by atoms with Gasteiger partial charge in [0, 0.05) is 30.4 Å². The second-order valence-corrected chi connectivity index (χ2v) is 6.05. The fourth-order valence-corrected chi connectivity index (χ4v) is 2.47. The number of rotatable bonds is 7. The number of ether oxygens (including phenoxy) is 2. The molecule has 0 saturated heterocycles. The molecule has 0 heterocycles. The second-order valence-electron chi connectivity index (χ2n) is 6.05. The Morgan fingerprint density at radius 2 is 1.89 bits per heavy atom. The zero-order valence-corrected chi connectivity index (χ0v) is 16.0. The van der Waals surface area contributed by atoms with Crippen molar-refractivity contribution in [2.75, 3.05) is 33.1 Å². The Labute approximate surface area is 159 Å². The van der Waals surface area contributed by atoms with Crippen LogP contribution in [0.2, 0.25) is 0 Å². The van der Waals surface area contributed by atoms with Crippen LogP contribution in [0.25, 0.3) is 6.08 Å². The van der Waals surface area contributed by atoms with Crippen molar-refractivity contribution in [1.82, 2.24) is 4.90 Å². The van der Waals surface area contributed by atoms with Crippen LogP contribution in [-0.2, 0) is 9.59 Å². The summed E-state index contributed by atoms with van der Waals surface area (Å²) >= 11 is 0. The lowest BCUT2D eigenvalue weighted by molar-refractivity contribution is -0.129. The lowest BCUT2D eigenvalue weighted by Gasteiger charge is -2.15. The first-order chi connectivity index (χ1) is 12.9. The van der Waals surface area contributed by atoms with Gasteiger partial charge >= 0.3 is 0 Å². The van der Waals surface area contributed by atoms with Crippen LogP contribution in [0.5, 0.6) is 11.5 Å². The molecule has 0 bridgehead atoms. The Morgan fingerprint density at radius 1 is 1.11 bits per heavy atom. The van der Waals surface area contributed by atoms with Crippen LogP contribution in [0.1, 0.15) is 11.1 Å². The minimum atomic E-state index is -0.291. The number of nitrogens with one attached hydrogen (secondary N) is 1. The van der Waals surface area contributed by atoms with E-state index in [1.54, 1.807) is 51.6 Å². The van der Waals surface area contributed by atoms with Crippen LogP contribution in [0.15, 0.2) is 48.5 Å². The number of amides is 2. The number of methoxy groups -OCH3 is 2. The molecule has 2 amide bonds. The smallest absolute Gasteiger partial charge is 0.246 e. The molecule has 0 unspecified atom stereocenters. The van der Waals surface area contributed by atoms with E-state index in [2.05, 4.69) is 5.32 Å². The number of hydrogen-bond donors (Lipinski definition) is 1. The number of nitrogens with zero attached hydrogens (tertiary/aromatic N) is 1. The number of likely N-dealkylation sites (N-methyl/N-ethyl adjacent to an activating group) is 1. The van der Waals surface area contributed by atoms with Gasteiger partial charge in [0.25, 0.3) is 0 Å². The van der Waals surface area contributed by atoms with E-state index in [4.69, 9.17) is 9.47 Å². The lowest BCUT2D eigenvalue weighted by Crippen LogP contribution is -2.33. The third-order valence-corrected chi connectivity index (χ3v) is 3.90. The van der Waals surface area contributed by atoms with Crippen molar-refractivity contribution in [3.8, 4) is 11.5 Å². The van der Waals surface area contributed by atoms with Crippen LogP contribution in [0.3, 0.4) is 0 Å². The van der Waals surface area contributed by atoms with E-state index in [0.717, 1.165) is 11.1 Å². The maximum atomic E-state index is 12.3. The van der Waals surface area contributed by atoms with Crippen LogP contribution < -0.4 is 14.8 Å². The largest absolute Gasteiger partial charge is 0.497 e. The first kappa shape index (κ1) is 20.0. The highest BCUT2D eigenvalue weighted by Gasteiger charge is 2.11. The molecule has 1 N–H and O–H groups in total.